The molecule has 0 N–H and O–H groups in total. The fourth-order valence-corrected chi connectivity index (χ4v) is 2.70. The summed E-state index contributed by atoms with van der Waals surface area (Å²) >= 11 is 0. The minimum absolute atomic E-state index is 0.107. The minimum Gasteiger partial charge on any atom is -0.495 e. The van der Waals surface area contributed by atoms with Gasteiger partial charge in [0.1, 0.15) is 11.4 Å². The molecule has 2 saturated heterocycles. The number of amides is 1. The van der Waals surface area contributed by atoms with Crippen molar-refractivity contribution in [3.05, 3.63) is 18.2 Å². The molecule has 0 atom stereocenters. The highest BCUT2D eigenvalue weighted by molar-refractivity contribution is 6.62. The zero-order valence-corrected chi connectivity index (χ0v) is 18.2. The second-order valence-electron chi connectivity index (χ2n) is 9.02. The largest absolute Gasteiger partial charge is 0.495 e. The number of carbonyl (C=O) groups excluding carboxylic acids is 1. The Hall–Kier alpha value is -1.93. The van der Waals surface area contributed by atoms with Crippen molar-refractivity contribution in [2.24, 2.45) is 0 Å². The van der Waals surface area contributed by atoms with E-state index in [1.165, 1.54) is 26.8 Å². The molecule has 2 aliphatic heterocycles. The Balaban J connectivity index is 2.23. The lowest BCUT2D eigenvalue weighted by atomic mass is 9.79. The molecule has 0 bridgehead atoms. The molecule has 8 heteroatoms. The number of methoxy groups -OCH3 is 1. The summed E-state index contributed by atoms with van der Waals surface area (Å²) in [5, 5.41) is 0. The van der Waals surface area contributed by atoms with E-state index in [2.05, 4.69) is 0 Å². The molecule has 1 amide bonds. The molecule has 166 valence electrons. The molecule has 0 aromatic heterocycles. The van der Waals surface area contributed by atoms with Crippen molar-refractivity contribution >= 4 is 24.4 Å². The fraction of sp³-hybridized carbons (Fsp3) is 0.682. The first-order valence-corrected chi connectivity index (χ1v) is 9.52. The van der Waals surface area contributed by atoms with E-state index in [1.807, 2.05) is 0 Å². The van der Waals surface area contributed by atoms with Crippen LogP contribution in [0.3, 0.4) is 0 Å². The number of hydrogen-bond donors (Lipinski definition) is 0. The van der Waals surface area contributed by atoms with E-state index in [-0.39, 0.29) is 15.3 Å². The van der Waals surface area contributed by atoms with E-state index in [1.54, 1.807) is 27.7 Å². The van der Waals surface area contributed by atoms with Crippen LogP contribution in [0.2, 0.25) is 0 Å². The van der Waals surface area contributed by atoms with Crippen molar-refractivity contribution in [1.29, 1.82) is 0 Å². The normalized spacial score (nSPS) is 33.6. The highest BCUT2D eigenvalue weighted by Crippen LogP contribution is 2.37. The minimum atomic E-state index is -3.55. The van der Waals surface area contributed by atoms with Crippen LogP contribution in [-0.4, -0.2) is 67.9 Å². The third-order valence-electron chi connectivity index (χ3n) is 4.98. The zero-order valence-electron chi connectivity index (χ0n) is 29.2. The van der Waals surface area contributed by atoms with E-state index in [0.717, 1.165) is 12.1 Å². The third kappa shape index (κ3) is 4.70. The Bertz CT molecular complexity index is 1160. The van der Waals surface area contributed by atoms with Gasteiger partial charge in [0.15, 0.2) is 0 Å². The maximum atomic E-state index is 13.0. The molecular weight excluding hydrogens is 383 g/mol. The molecule has 2 heterocycles. The molecule has 0 radical (unpaired) electrons. The summed E-state index contributed by atoms with van der Waals surface area (Å²) in [6, 6.07) is 3.51. The van der Waals surface area contributed by atoms with Crippen molar-refractivity contribution < 1.29 is 38.7 Å². The maximum absolute atomic E-state index is 13.0. The number of piperazine rings is 1. The molecule has 0 saturated carbocycles. The van der Waals surface area contributed by atoms with Crippen molar-refractivity contribution in [2.75, 3.05) is 37.9 Å². The lowest BCUT2D eigenvalue weighted by molar-refractivity contribution is 0.00578. The number of carbonyl (C=O) groups is 1. The van der Waals surface area contributed by atoms with Gasteiger partial charge in [-0.05, 0) is 66.1 Å². The Morgan fingerprint density at radius 1 is 1.13 bits per heavy atom. The molecular formula is C22H35BN2O5. The molecule has 7 nitrogen and oxygen atoms in total. The van der Waals surface area contributed by atoms with Gasteiger partial charge in [0.2, 0.25) is 0 Å². The number of nitrogens with zero attached hydrogens (tertiary/aromatic N) is 2. The van der Waals surface area contributed by atoms with E-state index >= 15 is 0 Å². The van der Waals surface area contributed by atoms with Gasteiger partial charge in [0.05, 0.1) is 39.0 Å². The molecule has 1 aromatic carbocycles. The Morgan fingerprint density at radius 2 is 1.73 bits per heavy atom. The van der Waals surface area contributed by atoms with Gasteiger partial charge in [-0.2, -0.15) is 0 Å². The smallest absolute Gasteiger partial charge is 0.494 e. The second kappa shape index (κ2) is 7.96. The SMILES string of the molecule is [2H]C([2H])([2H])Oc1cc(B2OC(C)(C)C(C)(C)O2)ccc1N1C([2H])([2H])C([2H])([2H])N(C(=O)OC(C)(C)C)C([2H])([2H])C1([2H])[2H]. The van der Waals surface area contributed by atoms with Crippen molar-refractivity contribution in [2.45, 2.75) is 65.3 Å². The van der Waals surface area contributed by atoms with Gasteiger partial charge in [0.25, 0.3) is 0 Å². The Kier molecular flexibility index (Phi) is 3.24. The molecule has 1 aromatic rings. The van der Waals surface area contributed by atoms with Crippen molar-refractivity contribution in [3.8, 4) is 5.75 Å². The summed E-state index contributed by atoms with van der Waals surface area (Å²) in [6.07, 6.45) is -1.63. The highest BCUT2D eigenvalue weighted by Gasteiger charge is 2.51. The fourth-order valence-electron chi connectivity index (χ4n) is 2.70. The van der Waals surface area contributed by atoms with Gasteiger partial charge in [-0.3, -0.25) is 0 Å². The van der Waals surface area contributed by atoms with Gasteiger partial charge < -0.3 is 28.6 Å². The Morgan fingerprint density at radius 3 is 2.27 bits per heavy atom. The van der Waals surface area contributed by atoms with Gasteiger partial charge in [-0.15, -0.1) is 0 Å². The topological polar surface area (TPSA) is 60.5 Å². The average Bonchev–Trinajstić information content (AvgIpc) is 2.92. The summed E-state index contributed by atoms with van der Waals surface area (Å²) in [7, 11) is -4.15. The molecule has 2 fully saturated rings. The third-order valence-corrected chi connectivity index (χ3v) is 4.98. The lowest BCUT2D eigenvalue weighted by Crippen LogP contribution is -2.50. The van der Waals surface area contributed by atoms with Crippen LogP contribution in [0.4, 0.5) is 10.5 Å². The number of ether oxygens (including phenoxy) is 2. The van der Waals surface area contributed by atoms with E-state index in [4.69, 9.17) is 33.9 Å². The van der Waals surface area contributed by atoms with Gasteiger partial charge >= 0.3 is 13.2 Å². The van der Waals surface area contributed by atoms with Crippen LogP contribution in [0, 0.1) is 0 Å². The monoisotopic (exact) mass is 429 g/mol. The summed E-state index contributed by atoms with van der Waals surface area (Å²) in [5.74, 6) is -0.623. The second-order valence-corrected chi connectivity index (χ2v) is 9.02. The first-order valence-electron chi connectivity index (χ1n) is 15.0. The predicted octanol–water partition coefficient (Wildman–Crippen LogP) is 3.05. The predicted molar refractivity (Wildman–Crippen MR) is 119 cm³/mol. The van der Waals surface area contributed by atoms with E-state index in [0.29, 0.717) is 0 Å². The number of anilines is 1. The first kappa shape index (κ1) is 12.2. The molecule has 3 rings (SSSR count). The number of rotatable bonds is 3. The summed E-state index contributed by atoms with van der Waals surface area (Å²) < 4.78 is 114. The summed E-state index contributed by atoms with van der Waals surface area (Å²) in [6.45, 7) is -2.66. The Labute approximate surface area is 196 Å². The molecule has 0 aliphatic carbocycles. The van der Waals surface area contributed by atoms with Crippen LogP contribution < -0.4 is 15.1 Å². The van der Waals surface area contributed by atoms with Crippen LogP contribution in [0.25, 0.3) is 0 Å². The molecule has 0 unspecified atom stereocenters. The standard InChI is InChI=1S/C22H35BN2O5/c1-20(2,3)28-19(26)25-13-11-24(12-14-25)17-10-9-16(15-18(17)27-8)23-29-21(4,5)22(6,7)30-23/h9-10,15H,11-14H2,1-8H3/i8D3,11D2,12D2,13D2,14D2. The number of benzene rings is 1. The van der Waals surface area contributed by atoms with Gasteiger partial charge in [-0.25, -0.2) is 4.79 Å². The highest BCUT2D eigenvalue weighted by atomic mass is 16.7. The van der Waals surface area contributed by atoms with Gasteiger partial charge in [-0.1, -0.05) is 6.07 Å². The quantitative estimate of drug-likeness (QED) is 0.689. The van der Waals surface area contributed by atoms with Crippen LogP contribution >= 0.6 is 0 Å². The first-order chi connectivity index (χ1) is 18.0. The van der Waals surface area contributed by atoms with E-state index < -0.39 is 74.5 Å². The van der Waals surface area contributed by atoms with Crippen LogP contribution in [0.15, 0.2) is 18.2 Å². The maximum Gasteiger partial charge on any atom is 0.494 e. The summed E-state index contributed by atoms with van der Waals surface area (Å²) in [5.41, 5.74) is -3.20. The van der Waals surface area contributed by atoms with Crippen LogP contribution in [0.5, 0.6) is 5.75 Å². The average molecular weight is 429 g/mol. The molecule has 2 aliphatic rings. The van der Waals surface area contributed by atoms with E-state index in [9.17, 15) is 4.79 Å². The molecule has 0 spiro atoms. The lowest BCUT2D eigenvalue weighted by Gasteiger charge is -2.37. The zero-order chi connectivity index (χ0) is 32.0. The van der Waals surface area contributed by atoms with Crippen molar-refractivity contribution in [1.82, 2.24) is 4.90 Å². The summed E-state index contributed by atoms with van der Waals surface area (Å²) in [4.78, 5) is 12.8. The van der Waals surface area contributed by atoms with Crippen LogP contribution in [-0.2, 0) is 14.0 Å². The van der Waals surface area contributed by atoms with Crippen molar-refractivity contribution in [3.63, 3.8) is 0 Å². The number of hydrogen-bond acceptors (Lipinski definition) is 6. The van der Waals surface area contributed by atoms with Crippen LogP contribution in [0.1, 0.15) is 63.5 Å². The molecule has 30 heavy (non-hydrogen) atoms. The van der Waals surface area contributed by atoms with Gasteiger partial charge in [0, 0.05) is 26.0 Å².